The molecular weight excluding hydrogens is 1210 g/mol. The summed E-state index contributed by atoms with van der Waals surface area (Å²) in [5, 5.41) is 67.1. The Kier molecular flexibility index (Phi) is 27.5. The van der Waals surface area contributed by atoms with Crippen LogP contribution < -0.4 is 54.4 Å². The summed E-state index contributed by atoms with van der Waals surface area (Å²) in [6.45, 7) is 6.16. The number of phenols is 3. The van der Waals surface area contributed by atoms with Gasteiger partial charge in [0.15, 0.2) is 0 Å². The van der Waals surface area contributed by atoms with Crippen LogP contribution in [0.25, 0.3) is 0 Å². The Morgan fingerprint density at radius 3 is 1.30 bits per heavy atom. The lowest BCUT2D eigenvalue weighted by Crippen LogP contribution is -2.61. The maximum Gasteiger partial charge on any atom is 0.305 e. The second kappa shape index (κ2) is 34.3. The topological polar surface area (TPSA) is 475 Å². The first kappa shape index (κ1) is 72.1. The van der Waals surface area contributed by atoms with E-state index in [4.69, 9.17) is 17.2 Å². The van der Waals surface area contributed by atoms with Crippen molar-refractivity contribution in [3.8, 4) is 17.2 Å². The Hall–Kier alpha value is -8.68. The van der Waals surface area contributed by atoms with E-state index < -0.39 is 150 Å². The summed E-state index contributed by atoms with van der Waals surface area (Å²) in [7, 11) is 2.76. The monoisotopic (exact) mass is 1290 g/mol. The number of primary amides is 1. The van der Waals surface area contributed by atoms with Gasteiger partial charge >= 0.3 is 11.9 Å². The minimum absolute atomic E-state index is 0.00657. The highest BCUT2D eigenvalue weighted by molar-refractivity contribution is 8.76. The summed E-state index contributed by atoms with van der Waals surface area (Å²) in [4.78, 5) is 166. The number of aromatic hydroxyl groups is 3. The molecule has 0 radical (unpaired) electrons. The van der Waals surface area contributed by atoms with Crippen molar-refractivity contribution in [1.29, 1.82) is 0 Å². The number of carboxylic acids is 2. The number of likely N-dealkylation sites (tertiary alicyclic amines) is 2. The summed E-state index contributed by atoms with van der Waals surface area (Å²) in [5.41, 5.74) is 18.8. The van der Waals surface area contributed by atoms with E-state index in [9.17, 15) is 83.1 Å². The standard InChI is InChI=1S/C59H80N12O17S2/c1-30(2)49(59(88)71-22-6-8-46(71)57(86)67-42(26-47(75)76)54(83)64-40(52(81)63-32(4)50(62)79)23-33-9-15-36(72)16-10-33)69-55(84)43(27-48(77)78)65-53(82)41(24-34-11-17-37(73)18-12-34)66-56(85)45-7-5-21-70(45)58(87)44(25-35-13-19-38(74)20-14-35)68-51(80)39(61)29-90-89-28-31(3)60/h9-20,30-32,39-46,49,72-74H,5-8,21-29,60-61H2,1-4H3,(H2,62,79)(H,63,81)(H,64,83)(H,65,82)(H,66,85)(H,67,86)(H,68,80)(H,69,84)(H,75,76)(H,77,78)/t31-,32?,39?,40?,41?,42?,43?,44?,45?,46?,49?/m1/s1. The summed E-state index contributed by atoms with van der Waals surface area (Å²) in [6.07, 6.45) is -2.02. The second-order valence-electron chi connectivity index (χ2n) is 22.5. The molecule has 29 nitrogen and oxygen atoms in total. The Labute approximate surface area is 526 Å². The minimum atomic E-state index is -1.92. The second-order valence-corrected chi connectivity index (χ2v) is 25.1. The van der Waals surface area contributed by atoms with Crippen LogP contribution in [-0.2, 0) is 76.8 Å². The third-order valence-corrected chi connectivity index (χ3v) is 17.4. The molecule has 490 valence electrons. The first-order chi connectivity index (χ1) is 42.5. The van der Waals surface area contributed by atoms with Crippen LogP contribution in [0.5, 0.6) is 17.2 Å². The number of carboxylic acid groups (broad SMARTS) is 2. The number of hydrogen-bond acceptors (Lipinski definition) is 19. The van der Waals surface area contributed by atoms with Gasteiger partial charge < -0.3 is 89.8 Å². The number of rotatable bonds is 33. The third-order valence-electron chi connectivity index (χ3n) is 14.7. The zero-order valence-corrected chi connectivity index (χ0v) is 51.8. The number of carbonyl (C=O) groups is 12. The van der Waals surface area contributed by atoms with E-state index in [0.717, 1.165) is 4.90 Å². The van der Waals surface area contributed by atoms with Crippen molar-refractivity contribution in [3.63, 3.8) is 0 Å². The predicted octanol–water partition coefficient (Wildman–Crippen LogP) is -1.63. The molecule has 2 heterocycles. The van der Waals surface area contributed by atoms with Crippen LogP contribution in [-0.4, -0.2) is 197 Å². The number of aliphatic carboxylic acids is 2. The van der Waals surface area contributed by atoms with Gasteiger partial charge in [0, 0.05) is 49.9 Å². The molecule has 11 atom stereocenters. The first-order valence-electron chi connectivity index (χ1n) is 29.1. The fourth-order valence-electron chi connectivity index (χ4n) is 9.84. The van der Waals surface area contributed by atoms with Gasteiger partial charge in [0.25, 0.3) is 0 Å². The largest absolute Gasteiger partial charge is 0.508 e. The van der Waals surface area contributed by atoms with Crippen LogP contribution in [0.1, 0.15) is 82.9 Å². The van der Waals surface area contributed by atoms with E-state index >= 15 is 0 Å². The average molecular weight is 1290 g/mol. The normalized spacial score (nSPS) is 17.6. The van der Waals surface area contributed by atoms with Crippen molar-refractivity contribution in [1.82, 2.24) is 47.0 Å². The number of nitrogens with one attached hydrogen (secondary N) is 7. The minimum Gasteiger partial charge on any atom is -0.508 e. The molecule has 0 aliphatic carbocycles. The molecule has 18 N–H and O–H groups in total. The van der Waals surface area contributed by atoms with Crippen LogP contribution in [0.15, 0.2) is 72.8 Å². The lowest BCUT2D eigenvalue weighted by atomic mass is 10.0. The van der Waals surface area contributed by atoms with Gasteiger partial charge in [-0.05, 0) is 98.5 Å². The van der Waals surface area contributed by atoms with E-state index in [1.807, 2.05) is 6.92 Å². The van der Waals surface area contributed by atoms with Crippen LogP contribution in [0.4, 0.5) is 0 Å². The van der Waals surface area contributed by atoms with Gasteiger partial charge in [0.2, 0.25) is 59.1 Å². The number of nitrogens with zero attached hydrogens (tertiary/aromatic N) is 2. The molecule has 3 aromatic carbocycles. The molecule has 2 aliphatic heterocycles. The number of amides is 10. The van der Waals surface area contributed by atoms with E-state index in [1.165, 1.54) is 108 Å². The fourth-order valence-corrected chi connectivity index (χ4v) is 12.2. The summed E-state index contributed by atoms with van der Waals surface area (Å²) < 4.78 is 0. The van der Waals surface area contributed by atoms with Crippen molar-refractivity contribution in [2.24, 2.45) is 23.1 Å². The van der Waals surface area contributed by atoms with Gasteiger partial charge in [-0.15, -0.1) is 0 Å². The summed E-state index contributed by atoms with van der Waals surface area (Å²) in [6, 6.07) is 2.49. The zero-order chi connectivity index (χ0) is 66.5. The van der Waals surface area contributed by atoms with Gasteiger partial charge in [-0.1, -0.05) is 71.8 Å². The molecule has 10 amide bonds. The van der Waals surface area contributed by atoms with Crippen molar-refractivity contribution < 1.29 is 83.1 Å². The van der Waals surface area contributed by atoms with Crippen LogP contribution in [0.3, 0.4) is 0 Å². The molecule has 5 rings (SSSR count). The number of hydrogen-bond donors (Lipinski definition) is 15. The summed E-state index contributed by atoms with van der Waals surface area (Å²) in [5.74, 6) is -12.6. The molecule has 0 aromatic heterocycles. The maximum absolute atomic E-state index is 14.6. The van der Waals surface area contributed by atoms with E-state index in [2.05, 4.69) is 37.2 Å². The summed E-state index contributed by atoms with van der Waals surface area (Å²) >= 11 is 0. The van der Waals surface area contributed by atoms with Gasteiger partial charge in [-0.3, -0.25) is 57.5 Å². The molecular formula is C59H80N12O17S2. The molecule has 0 bridgehead atoms. The lowest BCUT2D eigenvalue weighted by Gasteiger charge is -2.32. The first-order valence-corrected chi connectivity index (χ1v) is 31.6. The van der Waals surface area contributed by atoms with E-state index in [-0.39, 0.29) is 80.7 Å². The molecule has 10 unspecified atom stereocenters. The quantitative estimate of drug-likeness (QED) is 0.0241. The van der Waals surface area contributed by atoms with Crippen molar-refractivity contribution in [2.75, 3.05) is 24.6 Å². The van der Waals surface area contributed by atoms with Crippen molar-refractivity contribution in [2.45, 2.75) is 152 Å². The molecule has 2 aliphatic rings. The average Bonchev–Trinajstić information content (AvgIpc) is 3.09. The number of carbonyl (C=O) groups excluding carboxylic acids is 10. The van der Waals surface area contributed by atoms with Gasteiger partial charge in [0.1, 0.15) is 71.6 Å². The highest BCUT2D eigenvalue weighted by atomic mass is 33.1. The third kappa shape index (κ3) is 22.1. The Morgan fingerprint density at radius 2 is 0.856 bits per heavy atom. The number of nitrogens with two attached hydrogens (primary N) is 3. The Morgan fingerprint density at radius 1 is 0.489 bits per heavy atom. The fraction of sp³-hybridized carbons (Fsp3) is 0.492. The number of phenolic OH excluding ortho intramolecular Hbond substituents is 3. The molecule has 2 saturated heterocycles. The lowest BCUT2D eigenvalue weighted by molar-refractivity contribution is -0.145. The predicted molar refractivity (Wildman–Crippen MR) is 329 cm³/mol. The molecule has 2 fully saturated rings. The van der Waals surface area contributed by atoms with Crippen molar-refractivity contribution >= 4 is 92.6 Å². The Bertz CT molecular complexity index is 3050. The van der Waals surface area contributed by atoms with Crippen LogP contribution in [0, 0.1) is 5.92 Å². The van der Waals surface area contributed by atoms with Crippen molar-refractivity contribution in [3.05, 3.63) is 89.5 Å². The highest BCUT2D eigenvalue weighted by Crippen LogP contribution is 2.25. The molecule has 0 saturated carbocycles. The van der Waals surface area contributed by atoms with Crippen LogP contribution >= 0.6 is 21.6 Å². The van der Waals surface area contributed by atoms with Gasteiger partial charge in [-0.2, -0.15) is 0 Å². The highest BCUT2D eigenvalue weighted by Gasteiger charge is 2.43. The smallest absolute Gasteiger partial charge is 0.305 e. The van der Waals surface area contributed by atoms with E-state index in [0.29, 0.717) is 28.9 Å². The Balaban J connectivity index is 1.33. The van der Waals surface area contributed by atoms with E-state index in [1.54, 1.807) is 12.1 Å². The maximum atomic E-state index is 14.6. The molecule has 31 heteroatoms. The SMILES string of the molecule is CC(NC(=O)C(Cc1ccc(O)cc1)NC(=O)C(CC(=O)O)NC(=O)C1CCCN1C(=O)C(NC(=O)C(CC(=O)O)NC(=O)C(Cc1ccc(O)cc1)NC(=O)C1CCCN1C(=O)C(Cc1ccc(O)cc1)NC(=O)C(N)CSSC[C@@H](C)N)C(C)C)C(N)=O. The molecule has 3 aromatic rings. The van der Waals surface area contributed by atoms with Crippen LogP contribution in [0.2, 0.25) is 0 Å². The molecule has 0 spiro atoms. The zero-order valence-electron chi connectivity index (χ0n) is 50.1. The van der Waals surface area contributed by atoms with Gasteiger partial charge in [0.05, 0.1) is 18.9 Å². The molecule has 90 heavy (non-hydrogen) atoms. The number of benzene rings is 3. The van der Waals surface area contributed by atoms with Gasteiger partial charge in [-0.25, -0.2) is 0 Å².